The molecule has 0 saturated carbocycles. The molecule has 14 heavy (non-hydrogen) atoms. The maximum absolute atomic E-state index is 13.2. The third-order valence-electron chi connectivity index (χ3n) is 2.20. The predicted molar refractivity (Wildman–Crippen MR) is 52.3 cm³/mol. The van der Waals surface area contributed by atoms with Gasteiger partial charge in [-0.15, -0.1) is 0 Å². The van der Waals surface area contributed by atoms with E-state index >= 15 is 0 Å². The third-order valence-corrected chi connectivity index (χ3v) is 2.20. The van der Waals surface area contributed by atoms with Gasteiger partial charge in [0.1, 0.15) is 5.82 Å². The van der Waals surface area contributed by atoms with Crippen LogP contribution >= 0.6 is 0 Å². The summed E-state index contributed by atoms with van der Waals surface area (Å²) in [5.74, 6) is -0.281. The number of benzene rings is 1. The van der Waals surface area contributed by atoms with Gasteiger partial charge in [0.05, 0.1) is 5.54 Å². The first-order valence-electron chi connectivity index (χ1n) is 4.33. The Morgan fingerprint density at radius 3 is 2.57 bits per heavy atom. The second kappa shape index (κ2) is 3.72. The summed E-state index contributed by atoms with van der Waals surface area (Å²) in [6.07, 6.45) is 1.49. The van der Waals surface area contributed by atoms with Crippen LogP contribution in [0.4, 0.5) is 4.39 Å². The van der Waals surface area contributed by atoms with E-state index in [0.717, 1.165) is 0 Å². The molecule has 0 bridgehead atoms. The van der Waals surface area contributed by atoms with Gasteiger partial charge < -0.3 is 0 Å². The SMILES string of the molecule is Cc1ccc(C(C)(C)N=C=O)cc1F. The van der Waals surface area contributed by atoms with Crippen LogP contribution in [0.5, 0.6) is 0 Å². The molecule has 0 unspecified atom stereocenters. The van der Waals surface area contributed by atoms with Crippen LogP contribution in [0.2, 0.25) is 0 Å². The standard InChI is InChI=1S/C11H12FNO/c1-8-4-5-9(6-10(8)12)11(2,3)13-7-14/h4-6H,1-3H3. The Kier molecular flexibility index (Phi) is 2.82. The molecule has 0 spiro atoms. The summed E-state index contributed by atoms with van der Waals surface area (Å²) in [5.41, 5.74) is 0.541. The first kappa shape index (κ1) is 10.6. The minimum atomic E-state index is -0.712. The van der Waals surface area contributed by atoms with Gasteiger partial charge in [-0.2, -0.15) is 4.99 Å². The minimum absolute atomic E-state index is 0.281. The van der Waals surface area contributed by atoms with Gasteiger partial charge in [-0.3, -0.25) is 0 Å². The summed E-state index contributed by atoms with van der Waals surface area (Å²) in [6.45, 7) is 5.17. The normalized spacial score (nSPS) is 10.9. The van der Waals surface area contributed by atoms with Crippen LogP contribution in [0.15, 0.2) is 23.2 Å². The van der Waals surface area contributed by atoms with E-state index in [1.165, 1.54) is 12.1 Å². The van der Waals surface area contributed by atoms with Crippen molar-refractivity contribution in [1.82, 2.24) is 0 Å². The van der Waals surface area contributed by atoms with Crippen molar-refractivity contribution < 1.29 is 9.18 Å². The number of aliphatic imine (C=N–C) groups is 1. The molecule has 0 aliphatic rings. The predicted octanol–water partition coefficient (Wildman–Crippen LogP) is 2.71. The molecule has 0 saturated heterocycles. The lowest BCUT2D eigenvalue weighted by atomic mass is 9.94. The minimum Gasteiger partial charge on any atom is -0.211 e. The number of hydrogen-bond acceptors (Lipinski definition) is 2. The van der Waals surface area contributed by atoms with E-state index in [0.29, 0.717) is 11.1 Å². The maximum Gasteiger partial charge on any atom is 0.235 e. The highest BCUT2D eigenvalue weighted by Gasteiger charge is 2.19. The lowest BCUT2D eigenvalue weighted by Gasteiger charge is -2.18. The first-order chi connectivity index (χ1) is 6.47. The van der Waals surface area contributed by atoms with Crippen LogP contribution in [0.3, 0.4) is 0 Å². The van der Waals surface area contributed by atoms with E-state index in [1.54, 1.807) is 32.9 Å². The molecule has 0 fully saturated rings. The van der Waals surface area contributed by atoms with Gasteiger partial charge in [-0.25, -0.2) is 9.18 Å². The number of hydrogen-bond donors (Lipinski definition) is 0. The number of aryl methyl sites for hydroxylation is 1. The highest BCUT2D eigenvalue weighted by molar-refractivity contribution is 5.38. The molecular formula is C11H12FNO. The van der Waals surface area contributed by atoms with Crippen molar-refractivity contribution in [2.75, 3.05) is 0 Å². The molecule has 1 aromatic rings. The van der Waals surface area contributed by atoms with Gasteiger partial charge in [0, 0.05) is 0 Å². The topological polar surface area (TPSA) is 29.4 Å². The Hall–Kier alpha value is -1.47. The second-order valence-corrected chi connectivity index (χ2v) is 3.73. The van der Waals surface area contributed by atoms with Crippen molar-refractivity contribution in [1.29, 1.82) is 0 Å². The highest BCUT2D eigenvalue weighted by atomic mass is 19.1. The van der Waals surface area contributed by atoms with Gasteiger partial charge in [-0.1, -0.05) is 12.1 Å². The average molecular weight is 193 g/mol. The zero-order valence-corrected chi connectivity index (χ0v) is 8.47. The fourth-order valence-electron chi connectivity index (χ4n) is 1.15. The lowest BCUT2D eigenvalue weighted by molar-refractivity contribution is 0.518. The van der Waals surface area contributed by atoms with Crippen LogP contribution in [0.25, 0.3) is 0 Å². The zero-order valence-electron chi connectivity index (χ0n) is 8.47. The summed E-state index contributed by atoms with van der Waals surface area (Å²) < 4.78 is 13.2. The summed E-state index contributed by atoms with van der Waals surface area (Å²) in [5, 5.41) is 0. The van der Waals surface area contributed by atoms with Crippen LogP contribution in [0, 0.1) is 12.7 Å². The molecule has 0 heterocycles. The van der Waals surface area contributed by atoms with Crippen LogP contribution < -0.4 is 0 Å². The Morgan fingerprint density at radius 1 is 1.43 bits per heavy atom. The molecule has 0 aromatic heterocycles. The van der Waals surface area contributed by atoms with E-state index in [-0.39, 0.29) is 5.82 Å². The average Bonchev–Trinajstić information content (AvgIpc) is 2.09. The van der Waals surface area contributed by atoms with E-state index in [1.807, 2.05) is 0 Å². The molecule has 74 valence electrons. The molecule has 0 aliphatic heterocycles. The molecular weight excluding hydrogens is 181 g/mol. The number of carbonyl (C=O) groups excluding carboxylic acids is 1. The zero-order chi connectivity index (χ0) is 10.8. The molecule has 3 heteroatoms. The molecule has 1 rings (SSSR count). The lowest BCUT2D eigenvalue weighted by Crippen LogP contribution is -2.13. The smallest absolute Gasteiger partial charge is 0.211 e. The van der Waals surface area contributed by atoms with E-state index in [4.69, 9.17) is 0 Å². The monoisotopic (exact) mass is 193 g/mol. The molecule has 0 amide bonds. The van der Waals surface area contributed by atoms with Gasteiger partial charge in [0.15, 0.2) is 0 Å². The number of isocyanates is 1. The summed E-state index contributed by atoms with van der Waals surface area (Å²) in [7, 11) is 0. The van der Waals surface area contributed by atoms with Crippen LogP contribution in [0.1, 0.15) is 25.0 Å². The van der Waals surface area contributed by atoms with Gasteiger partial charge in [0.2, 0.25) is 6.08 Å². The first-order valence-corrected chi connectivity index (χ1v) is 4.33. The van der Waals surface area contributed by atoms with Crippen LogP contribution in [-0.2, 0) is 10.3 Å². The molecule has 0 atom stereocenters. The summed E-state index contributed by atoms with van der Waals surface area (Å²) >= 11 is 0. The highest BCUT2D eigenvalue weighted by Crippen LogP contribution is 2.25. The maximum atomic E-state index is 13.2. The molecule has 0 N–H and O–H groups in total. The van der Waals surface area contributed by atoms with Gasteiger partial charge >= 0.3 is 0 Å². The second-order valence-electron chi connectivity index (χ2n) is 3.73. The van der Waals surface area contributed by atoms with E-state index in [9.17, 15) is 9.18 Å². The molecule has 2 nitrogen and oxygen atoms in total. The third kappa shape index (κ3) is 2.06. The molecule has 0 radical (unpaired) electrons. The molecule has 0 aliphatic carbocycles. The Balaban J connectivity index is 3.20. The summed E-state index contributed by atoms with van der Waals surface area (Å²) in [4.78, 5) is 13.8. The van der Waals surface area contributed by atoms with Crippen molar-refractivity contribution >= 4 is 6.08 Å². The van der Waals surface area contributed by atoms with Crippen molar-refractivity contribution in [2.24, 2.45) is 4.99 Å². The number of halogens is 1. The Morgan fingerprint density at radius 2 is 2.07 bits per heavy atom. The van der Waals surface area contributed by atoms with E-state index < -0.39 is 5.54 Å². The van der Waals surface area contributed by atoms with Crippen molar-refractivity contribution in [3.8, 4) is 0 Å². The van der Waals surface area contributed by atoms with E-state index in [2.05, 4.69) is 4.99 Å². The fraction of sp³-hybridized carbons (Fsp3) is 0.364. The van der Waals surface area contributed by atoms with Crippen molar-refractivity contribution in [3.05, 3.63) is 35.1 Å². The van der Waals surface area contributed by atoms with Crippen molar-refractivity contribution in [2.45, 2.75) is 26.3 Å². The van der Waals surface area contributed by atoms with Crippen LogP contribution in [-0.4, -0.2) is 6.08 Å². The Labute approximate surface area is 82.5 Å². The van der Waals surface area contributed by atoms with Crippen molar-refractivity contribution in [3.63, 3.8) is 0 Å². The summed E-state index contributed by atoms with van der Waals surface area (Å²) in [6, 6.07) is 4.84. The van der Waals surface area contributed by atoms with Gasteiger partial charge in [0.25, 0.3) is 0 Å². The Bertz CT molecular complexity index is 392. The molecule has 1 aromatic carbocycles. The number of nitrogens with zero attached hydrogens (tertiary/aromatic N) is 1. The largest absolute Gasteiger partial charge is 0.235 e. The fourth-order valence-corrected chi connectivity index (χ4v) is 1.15. The quantitative estimate of drug-likeness (QED) is 0.524. The van der Waals surface area contributed by atoms with Gasteiger partial charge in [-0.05, 0) is 38.0 Å². The number of rotatable bonds is 2.